The fourth-order valence-corrected chi connectivity index (χ4v) is 1.44. The molecule has 0 aliphatic carbocycles. The predicted octanol–water partition coefficient (Wildman–Crippen LogP) is 3.78. The van der Waals surface area contributed by atoms with E-state index in [1.54, 1.807) is 0 Å². The van der Waals surface area contributed by atoms with Gasteiger partial charge in [-0.15, -0.1) is 0 Å². The Hall–Kier alpha value is -1.24. The van der Waals surface area contributed by atoms with E-state index < -0.39 is 0 Å². The van der Waals surface area contributed by atoms with Gasteiger partial charge >= 0.3 is 0 Å². The van der Waals surface area contributed by atoms with Crippen molar-refractivity contribution in [3.8, 4) is 0 Å². The minimum absolute atomic E-state index is 0.722. The van der Waals surface area contributed by atoms with Gasteiger partial charge in [0.15, 0.2) is 0 Å². The summed E-state index contributed by atoms with van der Waals surface area (Å²) in [5.41, 5.74) is 2.47. The second-order valence-electron chi connectivity index (χ2n) is 3.22. The van der Waals surface area contributed by atoms with Crippen molar-refractivity contribution in [1.82, 2.24) is 0 Å². The fourth-order valence-electron chi connectivity index (χ4n) is 1.44. The van der Waals surface area contributed by atoms with Crippen LogP contribution in [0.3, 0.4) is 0 Å². The molecule has 0 radical (unpaired) electrons. The van der Waals surface area contributed by atoms with Crippen LogP contribution < -0.4 is 0 Å². The summed E-state index contributed by atoms with van der Waals surface area (Å²) in [5.74, 6) is 1.01. The van der Waals surface area contributed by atoms with Crippen LogP contribution in [0.5, 0.6) is 0 Å². The van der Waals surface area contributed by atoms with E-state index in [-0.39, 0.29) is 0 Å². The minimum Gasteiger partial charge on any atom is -0.494 e. The summed E-state index contributed by atoms with van der Waals surface area (Å²) in [7, 11) is 0. The third-order valence-electron chi connectivity index (χ3n) is 2.10. The van der Waals surface area contributed by atoms with Gasteiger partial charge in [-0.25, -0.2) is 0 Å². The highest BCUT2D eigenvalue weighted by molar-refractivity contribution is 5.62. The molecule has 0 saturated carbocycles. The molecule has 0 spiro atoms. The molecule has 0 saturated heterocycles. The van der Waals surface area contributed by atoms with Crippen molar-refractivity contribution in [2.24, 2.45) is 0 Å². The molecule has 1 rings (SSSR count). The Balaban J connectivity index is 2.99. The number of rotatable bonds is 4. The van der Waals surface area contributed by atoms with Crippen molar-refractivity contribution >= 4 is 5.76 Å². The lowest BCUT2D eigenvalue weighted by Gasteiger charge is -2.11. The number of allylic oxidation sites excluding steroid dienone is 1. The second kappa shape index (κ2) is 5.48. The molecule has 0 bridgehead atoms. The van der Waals surface area contributed by atoms with Crippen molar-refractivity contribution in [1.29, 1.82) is 0 Å². The van der Waals surface area contributed by atoms with E-state index in [2.05, 4.69) is 32.1 Å². The van der Waals surface area contributed by atoms with E-state index in [1.165, 1.54) is 11.1 Å². The number of benzene rings is 1. The van der Waals surface area contributed by atoms with Crippen LogP contribution in [0.1, 0.15) is 31.4 Å². The van der Waals surface area contributed by atoms with Gasteiger partial charge in [-0.3, -0.25) is 0 Å². The van der Waals surface area contributed by atoms with Crippen LogP contribution in [0, 0.1) is 6.92 Å². The SMILES string of the molecule is CCC=C(OCC)c1ccccc1C. The molecule has 0 N–H and O–H groups in total. The van der Waals surface area contributed by atoms with E-state index in [0.29, 0.717) is 0 Å². The summed E-state index contributed by atoms with van der Waals surface area (Å²) >= 11 is 0. The summed E-state index contributed by atoms with van der Waals surface area (Å²) in [6.07, 6.45) is 3.13. The average molecular weight is 190 g/mol. The van der Waals surface area contributed by atoms with E-state index in [9.17, 15) is 0 Å². The number of ether oxygens (including phenoxy) is 1. The lowest BCUT2D eigenvalue weighted by Crippen LogP contribution is -1.94. The molecule has 1 nitrogen and oxygen atoms in total. The van der Waals surface area contributed by atoms with Gasteiger partial charge in [-0.05, 0) is 31.9 Å². The zero-order valence-electron chi connectivity index (χ0n) is 9.21. The van der Waals surface area contributed by atoms with Gasteiger partial charge in [0, 0.05) is 5.56 Å². The Labute approximate surface area is 86.4 Å². The van der Waals surface area contributed by atoms with Crippen LogP contribution in [-0.2, 0) is 4.74 Å². The minimum atomic E-state index is 0.722. The number of hydrogen-bond acceptors (Lipinski definition) is 1. The molecule has 1 aromatic carbocycles. The molecule has 0 unspecified atom stereocenters. The second-order valence-corrected chi connectivity index (χ2v) is 3.22. The summed E-state index contributed by atoms with van der Waals surface area (Å²) in [4.78, 5) is 0. The van der Waals surface area contributed by atoms with Crippen molar-refractivity contribution < 1.29 is 4.74 Å². The monoisotopic (exact) mass is 190 g/mol. The summed E-state index contributed by atoms with van der Waals surface area (Å²) in [6, 6.07) is 8.31. The lowest BCUT2D eigenvalue weighted by molar-refractivity contribution is 0.297. The van der Waals surface area contributed by atoms with Crippen LogP contribution in [0.2, 0.25) is 0 Å². The first kappa shape index (κ1) is 10.8. The third kappa shape index (κ3) is 2.63. The maximum absolute atomic E-state index is 5.61. The van der Waals surface area contributed by atoms with Crippen molar-refractivity contribution in [3.05, 3.63) is 41.5 Å². The Morgan fingerprint density at radius 3 is 2.57 bits per heavy atom. The van der Waals surface area contributed by atoms with Crippen LogP contribution in [0.25, 0.3) is 5.76 Å². The van der Waals surface area contributed by atoms with Gasteiger partial charge in [-0.2, -0.15) is 0 Å². The quantitative estimate of drug-likeness (QED) is 0.656. The first-order valence-electron chi connectivity index (χ1n) is 5.18. The standard InChI is InChI=1S/C13H18O/c1-4-8-13(14-5-2)12-10-7-6-9-11(12)3/h6-10H,4-5H2,1-3H3. The first-order chi connectivity index (χ1) is 6.79. The molecule has 0 aliphatic heterocycles. The molecule has 0 aliphatic rings. The van der Waals surface area contributed by atoms with Crippen molar-refractivity contribution in [2.45, 2.75) is 27.2 Å². The number of aryl methyl sites for hydroxylation is 1. The van der Waals surface area contributed by atoms with Gasteiger partial charge in [-0.1, -0.05) is 31.2 Å². The molecular formula is C13H18O. The Bertz CT molecular complexity index is 313. The summed E-state index contributed by atoms with van der Waals surface area (Å²) < 4.78 is 5.61. The van der Waals surface area contributed by atoms with Crippen LogP contribution in [-0.4, -0.2) is 6.61 Å². The molecule has 0 heterocycles. The highest BCUT2D eigenvalue weighted by atomic mass is 16.5. The smallest absolute Gasteiger partial charge is 0.122 e. The van der Waals surface area contributed by atoms with Crippen LogP contribution in [0.4, 0.5) is 0 Å². The maximum atomic E-state index is 5.61. The lowest BCUT2D eigenvalue weighted by atomic mass is 10.1. The normalized spacial score (nSPS) is 11.5. The highest BCUT2D eigenvalue weighted by Gasteiger charge is 2.03. The highest BCUT2D eigenvalue weighted by Crippen LogP contribution is 2.20. The van der Waals surface area contributed by atoms with Gasteiger partial charge in [0.05, 0.1) is 6.61 Å². The third-order valence-corrected chi connectivity index (χ3v) is 2.10. The fraction of sp³-hybridized carbons (Fsp3) is 0.385. The molecule has 1 aromatic rings. The van der Waals surface area contributed by atoms with E-state index in [4.69, 9.17) is 4.74 Å². The van der Waals surface area contributed by atoms with Gasteiger partial charge in [0.2, 0.25) is 0 Å². The van der Waals surface area contributed by atoms with E-state index >= 15 is 0 Å². The summed E-state index contributed by atoms with van der Waals surface area (Å²) in [6.45, 7) is 6.97. The molecule has 0 fully saturated rings. The van der Waals surface area contributed by atoms with Crippen molar-refractivity contribution in [3.63, 3.8) is 0 Å². The Kier molecular flexibility index (Phi) is 4.24. The zero-order chi connectivity index (χ0) is 10.4. The average Bonchev–Trinajstić information content (AvgIpc) is 2.18. The predicted molar refractivity (Wildman–Crippen MR) is 61.1 cm³/mol. The summed E-state index contributed by atoms with van der Waals surface area (Å²) in [5, 5.41) is 0. The van der Waals surface area contributed by atoms with E-state index in [1.807, 2.05) is 19.1 Å². The molecule has 0 aromatic heterocycles. The topological polar surface area (TPSA) is 9.23 Å². The molecule has 76 valence electrons. The van der Waals surface area contributed by atoms with Crippen LogP contribution in [0.15, 0.2) is 30.3 Å². The molecule has 14 heavy (non-hydrogen) atoms. The Morgan fingerprint density at radius 1 is 1.29 bits per heavy atom. The maximum Gasteiger partial charge on any atom is 0.122 e. The van der Waals surface area contributed by atoms with Crippen LogP contribution >= 0.6 is 0 Å². The van der Waals surface area contributed by atoms with Gasteiger partial charge < -0.3 is 4.74 Å². The van der Waals surface area contributed by atoms with Gasteiger partial charge in [0.1, 0.15) is 5.76 Å². The number of hydrogen-bond donors (Lipinski definition) is 0. The largest absolute Gasteiger partial charge is 0.494 e. The molecule has 0 amide bonds. The molecular weight excluding hydrogens is 172 g/mol. The van der Waals surface area contributed by atoms with E-state index in [0.717, 1.165) is 18.8 Å². The zero-order valence-corrected chi connectivity index (χ0v) is 9.21. The Morgan fingerprint density at radius 2 is 2.00 bits per heavy atom. The first-order valence-corrected chi connectivity index (χ1v) is 5.18. The molecule has 0 atom stereocenters. The molecule has 1 heteroatoms. The van der Waals surface area contributed by atoms with Crippen molar-refractivity contribution in [2.75, 3.05) is 6.61 Å². The van der Waals surface area contributed by atoms with Gasteiger partial charge in [0.25, 0.3) is 0 Å².